The molecule has 0 radical (unpaired) electrons. The first-order valence-corrected chi connectivity index (χ1v) is 6.92. The van der Waals surface area contributed by atoms with Gasteiger partial charge < -0.3 is 14.6 Å². The van der Waals surface area contributed by atoms with Gasteiger partial charge in [-0.25, -0.2) is 4.79 Å². The Labute approximate surface area is 124 Å². The van der Waals surface area contributed by atoms with Gasteiger partial charge in [-0.05, 0) is 30.7 Å². The maximum Gasteiger partial charge on any atom is 0.328 e. The Morgan fingerprint density at radius 3 is 2.85 bits per heavy atom. The molecule has 5 heteroatoms. The van der Waals surface area contributed by atoms with Crippen molar-refractivity contribution in [1.29, 1.82) is 0 Å². The van der Waals surface area contributed by atoms with Crippen LogP contribution in [0.1, 0.15) is 25.3 Å². The molecule has 0 aliphatic carbocycles. The van der Waals surface area contributed by atoms with Crippen molar-refractivity contribution in [3.8, 4) is 5.75 Å². The Hall–Kier alpha value is -1.52. The fraction of sp³-hybridized carbons (Fsp3) is 0.400. The van der Waals surface area contributed by atoms with E-state index in [0.717, 1.165) is 25.5 Å². The second-order valence-corrected chi connectivity index (χ2v) is 4.60. The van der Waals surface area contributed by atoms with Crippen LogP contribution in [0.2, 0.25) is 5.02 Å². The molecule has 20 heavy (non-hydrogen) atoms. The first-order chi connectivity index (χ1) is 9.63. The third-order valence-corrected chi connectivity index (χ3v) is 2.74. The standard InChI is InChI=1S/C15H19ClO4/c1-2-3-8-19-9-10-20-14-6-5-13(16)11-12(14)4-7-15(17)18/h4-7,11H,2-3,8-10H2,1H3,(H,17,18). The van der Waals surface area contributed by atoms with Crippen molar-refractivity contribution in [2.45, 2.75) is 19.8 Å². The molecule has 0 amide bonds. The Morgan fingerprint density at radius 1 is 1.35 bits per heavy atom. The zero-order valence-electron chi connectivity index (χ0n) is 11.5. The predicted molar refractivity (Wildman–Crippen MR) is 79.3 cm³/mol. The number of ether oxygens (including phenoxy) is 2. The van der Waals surface area contributed by atoms with Crippen LogP contribution in [0.4, 0.5) is 0 Å². The minimum absolute atomic E-state index is 0.416. The number of aliphatic carboxylic acids is 1. The lowest BCUT2D eigenvalue weighted by Crippen LogP contribution is -2.08. The van der Waals surface area contributed by atoms with E-state index >= 15 is 0 Å². The number of carboxylic acid groups (broad SMARTS) is 1. The van der Waals surface area contributed by atoms with E-state index in [9.17, 15) is 4.79 Å². The highest BCUT2D eigenvalue weighted by atomic mass is 35.5. The van der Waals surface area contributed by atoms with Crippen molar-refractivity contribution in [3.63, 3.8) is 0 Å². The Morgan fingerprint density at radius 2 is 2.15 bits per heavy atom. The summed E-state index contributed by atoms with van der Waals surface area (Å²) < 4.78 is 11.0. The van der Waals surface area contributed by atoms with Gasteiger partial charge in [0.25, 0.3) is 0 Å². The molecule has 0 bridgehead atoms. The van der Waals surface area contributed by atoms with E-state index in [1.165, 1.54) is 6.08 Å². The Kier molecular flexibility index (Phi) is 7.77. The molecule has 0 aliphatic heterocycles. The number of carbonyl (C=O) groups is 1. The van der Waals surface area contributed by atoms with Gasteiger partial charge in [-0.3, -0.25) is 0 Å². The molecule has 1 aromatic rings. The van der Waals surface area contributed by atoms with Crippen molar-refractivity contribution >= 4 is 23.6 Å². The zero-order chi connectivity index (χ0) is 14.8. The number of rotatable bonds is 9. The van der Waals surface area contributed by atoms with E-state index in [-0.39, 0.29) is 0 Å². The SMILES string of the molecule is CCCCOCCOc1ccc(Cl)cc1C=CC(=O)O. The first kappa shape index (κ1) is 16.5. The first-order valence-electron chi connectivity index (χ1n) is 6.54. The summed E-state index contributed by atoms with van der Waals surface area (Å²) in [6.07, 6.45) is 4.65. The fourth-order valence-electron chi connectivity index (χ4n) is 1.50. The van der Waals surface area contributed by atoms with Gasteiger partial charge in [0.15, 0.2) is 0 Å². The lowest BCUT2D eigenvalue weighted by atomic mass is 10.2. The van der Waals surface area contributed by atoms with E-state index in [0.29, 0.717) is 29.5 Å². The van der Waals surface area contributed by atoms with E-state index in [2.05, 4.69) is 6.92 Å². The highest BCUT2D eigenvalue weighted by molar-refractivity contribution is 6.30. The summed E-state index contributed by atoms with van der Waals surface area (Å²) in [6.45, 7) is 3.75. The second kappa shape index (κ2) is 9.39. The van der Waals surface area contributed by atoms with Gasteiger partial charge in [0.05, 0.1) is 6.61 Å². The average Bonchev–Trinajstić information content (AvgIpc) is 2.42. The lowest BCUT2D eigenvalue weighted by molar-refractivity contribution is -0.131. The van der Waals surface area contributed by atoms with E-state index in [1.54, 1.807) is 18.2 Å². The van der Waals surface area contributed by atoms with Crippen LogP contribution in [0, 0.1) is 0 Å². The van der Waals surface area contributed by atoms with E-state index in [1.807, 2.05) is 0 Å². The van der Waals surface area contributed by atoms with Gasteiger partial charge in [0.2, 0.25) is 0 Å². The topological polar surface area (TPSA) is 55.8 Å². The number of carboxylic acids is 1. The summed E-state index contributed by atoms with van der Waals surface area (Å²) in [7, 11) is 0. The van der Waals surface area contributed by atoms with Gasteiger partial charge >= 0.3 is 5.97 Å². The van der Waals surface area contributed by atoms with Gasteiger partial charge in [0, 0.05) is 23.3 Å². The molecule has 0 spiro atoms. The lowest BCUT2D eigenvalue weighted by Gasteiger charge is -2.10. The van der Waals surface area contributed by atoms with E-state index < -0.39 is 5.97 Å². The molecule has 0 saturated carbocycles. The van der Waals surface area contributed by atoms with E-state index in [4.69, 9.17) is 26.2 Å². The zero-order valence-corrected chi connectivity index (χ0v) is 12.2. The summed E-state index contributed by atoms with van der Waals surface area (Å²) in [4.78, 5) is 10.5. The monoisotopic (exact) mass is 298 g/mol. The highest BCUT2D eigenvalue weighted by Crippen LogP contribution is 2.24. The van der Waals surface area contributed by atoms with Crippen molar-refractivity contribution < 1.29 is 19.4 Å². The van der Waals surface area contributed by atoms with Crippen molar-refractivity contribution in [1.82, 2.24) is 0 Å². The molecule has 110 valence electrons. The molecule has 1 N–H and O–H groups in total. The van der Waals surface area contributed by atoms with Gasteiger partial charge in [-0.15, -0.1) is 0 Å². The number of hydrogen-bond acceptors (Lipinski definition) is 3. The average molecular weight is 299 g/mol. The molecule has 1 rings (SSSR count). The molecule has 0 fully saturated rings. The smallest absolute Gasteiger partial charge is 0.328 e. The second-order valence-electron chi connectivity index (χ2n) is 4.17. The minimum Gasteiger partial charge on any atom is -0.491 e. The van der Waals surface area contributed by atoms with Crippen LogP contribution in [0.25, 0.3) is 6.08 Å². The van der Waals surface area contributed by atoms with Crippen molar-refractivity contribution in [2.24, 2.45) is 0 Å². The highest BCUT2D eigenvalue weighted by Gasteiger charge is 2.03. The molecule has 4 nitrogen and oxygen atoms in total. The maximum atomic E-state index is 10.5. The molecule has 0 heterocycles. The number of hydrogen-bond donors (Lipinski definition) is 1. The molecule has 0 atom stereocenters. The maximum absolute atomic E-state index is 10.5. The van der Waals surface area contributed by atoms with Crippen LogP contribution < -0.4 is 4.74 Å². The van der Waals surface area contributed by atoms with Crippen molar-refractivity contribution in [3.05, 3.63) is 34.9 Å². The summed E-state index contributed by atoms with van der Waals surface area (Å²) in [5.41, 5.74) is 0.633. The fourth-order valence-corrected chi connectivity index (χ4v) is 1.68. The summed E-state index contributed by atoms with van der Waals surface area (Å²) >= 11 is 5.89. The quantitative estimate of drug-likeness (QED) is 0.559. The largest absolute Gasteiger partial charge is 0.491 e. The Balaban J connectivity index is 2.53. The van der Waals surface area contributed by atoms with Gasteiger partial charge in [0.1, 0.15) is 12.4 Å². The number of benzene rings is 1. The third kappa shape index (κ3) is 6.59. The number of unbranched alkanes of at least 4 members (excludes halogenated alkanes) is 1. The van der Waals surface area contributed by atoms with Crippen LogP contribution in [0.15, 0.2) is 24.3 Å². The molecule has 0 aliphatic rings. The van der Waals surface area contributed by atoms with Crippen LogP contribution in [0.5, 0.6) is 5.75 Å². The van der Waals surface area contributed by atoms with Crippen LogP contribution in [-0.2, 0) is 9.53 Å². The van der Waals surface area contributed by atoms with Crippen LogP contribution >= 0.6 is 11.6 Å². The summed E-state index contributed by atoms with van der Waals surface area (Å²) in [6, 6.07) is 5.08. The summed E-state index contributed by atoms with van der Waals surface area (Å²) in [5, 5.41) is 9.18. The normalized spacial score (nSPS) is 10.9. The summed E-state index contributed by atoms with van der Waals surface area (Å²) in [5.74, 6) is -0.426. The molecular formula is C15H19ClO4. The molecule has 0 aromatic heterocycles. The minimum atomic E-state index is -1.01. The van der Waals surface area contributed by atoms with Gasteiger partial charge in [-0.1, -0.05) is 24.9 Å². The van der Waals surface area contributed by atoms with Crippen molar-refractivity contribution in [2.75, 3.05) is 19.8 Å². The molecule has 1 aromatic carbocycles. The Bertz CT molecular complexity index is 457. The molecule has 0 saturated heterocycles. The van der Waals surface area contributed by atoms with Gasteiger partial charge in [-0.2, -0.15) is 0 Å². The molecule has 0 unspecified atom stereocenters. The third-order valence-electron chi connectivity index (χ3n) is 2.50. The number of halogens is 1. The van der Waals surface area contributed by atoms with Crippen LogP contribution in [-0.4, -0.2) is 30.9 Å². The predicted octanol–water partition coefficient (Wildman–Crippen LogP) is 3.63. The molecular weight excluding hydrogens is 280 g/mol. The van der Waals surface area contributed by atoms with Crippen LogP contribution in [0.3, 0.4) is 0 Å².